The lowest BCUT2D eigenvalue weighted by Gasteiger charge is -2.30. The second-order valence-electron chi connectivity index (χ2n) is 8.84. The van der Waals surface area contributed by atoms with E-state index in [-0.39, 0.29) is 31.3 Å². The summed E-state index contributed by atoms with van der Waals surface area (Å²) >= 11 is 0. The number of hydrogen-bond acceptors (Lipinski definition) is 7. The van der Waals surface area contributed by atoms with E-state index in [1.54, 1.807) is 19.1 Å². The number of pyridine rings is 2. The number of rotatable bonds is 6. The highest BCUT2D eigenvalue weighted by atomic mass is 19.4. The highest BCUT2D eigenvalue weighted by Gasteiger charge is 2.46. The molecule has 0 spiro atoms. The Morgan fingerprint density at radius 2 is 2.00 bits per heavy atom. The third-order valence-corrected chi connectivity index (χ3v) is 6.17. The van der Waals surface area contributed by atoms with Gasteiger partial charge in [-0.25, -0.2) is 4.98 Å². The molecule has 0 unspecified atom stereocenters. The van der Waals surface area contributed by atoms with E-state index in [0.717, 1.165) is 5.39 Å². The first kappa shape index (κ1) is 23.5. The largest absolute Gasteiger partial charge is 0.486 e. The number of benzene rings is 1. The van der Waals surface area contributed by atoms with Crippen LogP contribution >= 0.6 is 0 Å². The van der Waals surface area contributed by atoms with E-state index in [1.165, 1.54) is 27.6 Å². The van der Waals surface area contributed by atoms with Crippen molar-refractivity contribution in [2.24, 2.45) is 5.73 Å². The Morgan fingerprint density at radius 3 is 2.71 bits per heavy atom. The van der Waals surface area contributed by atoms with Crippen LogP contribution in [-0.4, -0.2) is 67.6 Å². The molecule has 0 aliphatic carbocycles. The third kappa shape index (κ3) is 4.54. The van der Waals surface area contributed by atoms with Gasteiger partial charge in [-0.3, -0.25) is 9.30 Å². The number of aliphatic hydroxyl groups excluding tert-OH is 1. The van der Waals surface area contributed by atoms with E-state index in [2.05, 4.69) is 15.2 Å². The zero-order chi connectivity index (χ0) is 24.7. The van der Waals surface area contributed by atoms with Gasteiger partial charge in [0.2, 0.25) is 0 Å². The van der Waals surface area contributed by atoms with Gasteiger partial charge in [-0.05, 0) is 37.1 Å². The highest BCUT2D eigenvalue weighted by Crippen LogP contribution is 2.39. The minimum absolute atomic E-state index is 0.0849. The average molecular weight is 486 g/mol. The Labute approximate surface area is 199 Å². The molecule has 0 radical (unpaired) electrons. The van der Waals surface area contributed by atoms with Gasteiger partial charge in [0.25, 0.3) is 0 Å². The Kier molecular flexibility index (Phi) is 6.07. The summed E-state index contributed by atoms with van der Waals surface area (Å²) in [6.45, 7) is 2.04. The predicted octanol–water partition coefficient (Wildman–Crippen LogP) is 3.34. The fourth-order valence-corrected chi connectivity index (χ4v) is 4.49. The minimum Gasteiger partial charge on any atom is -0.486 e. The normalized spacial score (nSPS) is 18.9. The van der Waals surface area contributed by atoms with Gasteiger partial charge in [0.1, 0.15) is 29.1 Å². The van der Waals surface area contributed by atoms with Crippen molar-refractivity contribution in [3.05, 3.63) is 54.2 Å². The van der Waals surface area contributed by atoms with Gasteiger partial charge in [0.15, 0.2) is 11.5 Å². The molecule has 1 aromatic carbocycles. The molecule has 35 heavy (non-hydrogen) atoms. The molecule has 0 amide bonds. The SMILES string of the molecule is C[C@H](CO)Oc1cccc2ccc(-c3nnc4ccc([C@@H](N5CC[C@H](N)C5)C(F)(F)F)cn34)nc12. The molecule has 184 valence electrons. The summed E-state index contributed by atoms with van der Waals surface area (Å²) in [5.74, 6) is 0.802. The van der Waals surface area contributed by atoms with Crippen molar-refractivity contribution in [3.63, 3.8) is 0 Å². The minimum atomic E-state index is -4.47. The quantitative estimate of drug-likeness (QED) is 0.431. The molecule has 5 rings (SSSR count). The van der Waals surface area contributed by atoms with Crippen LogP contribution < -0.4 is 10.5 Å². The molecule has 4 aromatic rings. The van der Waals surface area contributed by atoms with E-state index < -0.39 is 18.3 Å². The smallest absolute Gasteiger partial charge is 0.408 e. The van der Waals surface area contributed by atoms with Crippen molar-refractivity contribution >= 4 is 16.6 Å². The maximum atomic E-state index is 14.1. The zero-order valence-corrected chi connectivity index (χ0v) is 19.0. The lowest BCUT2D eigenvalue weighted by Crippen LogP contribution is -2.38. The van der Waals surface area contributed by atoms with E-state index in [1.807, 2.05) is 18.2 Å². The number of aromatic nitrogens is 4. The Balaban J connectivity index is 1.59. The maximum absolute atomic E-state index is 14.1. The molecule has 1 saturated heterocycles. The van der Waals surface area contributed by atoms with Crippen LogP contribution in [0.3, 0.4) is 0 Å². The summed E-state index contributed by atoms with van der Waals surface area (Å²) in [5, 5.41) is 18.5. The van der Waals surface area contributed by atoms with Crippen LogP contribution in [0, 0.1) is 0 Å². The number of para-hydroxylation sites is 1. The summed E-state index contributed by atoms with van der Waals surface area (Å²) in [5.41, 5.74) is 7.36. The van der Waals surface area contributed by atoms with E-state index in [4.69, 9.17) is 10.5 Å². The number of ether oxygens (including phenoxy) is 1. The van der Waals surface area contributed by atoms with E-state index in [0.29, 0.717) is 34.9 Å². The molecule has 1 fully saturated rings. The molecule has 0 saturated carbocycles. The number of alkyl halides is 3. The van der Waals surface area contributed by atoms with E-state index in [9.17, 15) is 18.3 Å². The second-order valence-corrected chi connectivity index (χ2v) is 8.84. The first-order valence-electron chi connectivity index (χ1n) is 11.3. The first-order valence-corrected chi connectivity index (χ1v) is 11.3. The van der Waals surface area contributed by atoms with Gasteiger partial charge in [0.05, 0.1) is 6.61 Å². The number of aliphatic hydroxyl groups is 1. The van der Waals surface area contributed by atoms with Gasteiger partial charge < -0.3 is 15.6 Å². The van der Waals surface area contributed by atoms with Crippen LogP contribution in [0.5, 0.6) is 5.75 Å². The zero-order valence-electron chi connectivity index (χ0n) is 19.0. The molecule has 11 heteroatoms. The third-order valence-electron chi connectivity index (χ3n) is 6.17. The van der Waals surface area contributed by atoms with Crippen LogP contribution in [0.25, 0.3) is 28.1 Å². The van der Waals surface area contributed by atoms with Crippen molar-refractivity contribution in [2.75, 3.05) is 19.7 Å². The van der Waals surface area contributed by atoms with Gasteiger partial charge in [-0.2, -0.15) is 13.2 Å². The number of fused-ring (bicyclic) bond motifs is 2. The number of halogens is 3. The number of hydrogen-bond donors (Lipinski definition) is 2. The molecule has 1 aliphatic rings. The van der Waals surface area contributed by atoms with Gasteiger partial charge >= 0.3 is 6.18 Å². The van der Waals surface area contributed by atoms with Gasteiger partial charge in [-0.1, -0.05) is 24.3 Å². The van der Waals surface area contributed by atoms with Crippen molar-refractivity contribution in [2.45, 2.75) is 37.7 Å². The Morgan fingerprint density at radius 1 is 1.17 bits per heavy atom. The molecule has 3 aromatic heterocycles. The lowest BCUT2D eigenvalue weighted by atomic mass is 10.1. The van der Waals surface area contributed by atoms with Crippen LogP contribution in [0.2, 0.25) is 0 Å². The standard InChI is InChI=1S/C24H25F3N6O2/c1-14(13-34)35-19-4-2-3-15-5-7-18(29-21(15)19)23-31-30-20-8-6-16(11-33(20)23)22(24(25,26)27)32-10-9-17(28)12-32/h2-8,11,14,17,22,34H,9-10,12-13,28H2,1H3/t14-,17+,22-/m1/s1. The number of nitrogens with zero attached hydrogens (tertiary/aromatic N) is 5. The van der Waals surface area contributed by atoms with Crippen molar-refractivity contribution in [1.82, 2.24) is 24.5 Å². The summed E-state index contributed by atoms with van der Waals surface area (Å²) in [7, 11) is 0. The lowest BCUT2D eigenvalue weighted by molar-refractivity contribution is -0.183. The second kappa shape index (κ2) is 9.06. The molecule has 1 aliphatic heterocycles. The number of nitrogens with two attached hydrogens (primary N) is 1. The fraction of sp³-hybridized carbons (Fsp3) is 0.375. The topological polar surface area (TPSA) is 102 Å². The molecule has 3 N–H and O–H groups in total. The summed E-state index contributed by atoms with van der Waals surface area (Å²) < 4.78 is 49.7. The molecule has 8 nitrogen and oxygen atoms in total. The number of likely N-dealkylation sites (tertiary alicyclic amines) is 1. The molecule has 3 atom stereocenters. The van der Waals surface area contributed by atoms with Crippen LogP contribution in [0.1, 0.15) is 24.9 Å². The maximum Gasteiger partial charge on any atom is 0.408 e. The molecule has 0 bridgehead atoms. The van der Waals surface area contributed by atoms with Crippen LogP contribution in [-0.2, 0) is 0 Å². The molecular formula is C24H25F3N6O2. The summed E-state index contributed by atoms with van der Waals surface area (Å²) in [4.78, 5) is 6.06. The van der Waals surface area contributed by atoms with Crippen molar-refractivity contribution < 1.29 is 23.0 Å². The Bertz CT molecular complexity index is 1360. The summed E-state index contributed by atoms with van der Waals surface area (Å²) in [6.07, 6.45) is -2.95. The highest BCUT2D eigenvalue weighted by molar-refractivity contribution is 5.86. The first-order chi connectivity index (χ1) is 16.7. The van der Waals surface area contributed by atoms with Gasteiger partial charge in [0, 0.05) is 30.7 Å². The van der Waals surface area contributed by atoms with Gasteiger partial charge in [-0.15, -0.1) is 10.2 Å². The molecule has 4 heterocycles. The average Bonchev–Trinajstić information content (AvgIpc) is 3.44. The van der Waals surface area contributed by atoms with E-state index >= 15 is 0 Å². The predicted molar refractivity (Wildman–Crippen MR) is 124 cm³/mol. The van der Waals surface area contributed by atoms with Crippen LogP contribution in [0.15, 0.2) is 48.7 Å². The fourth-order valence-electron chi connectivity index (χ4n) is 4.49. The Hall–Kier alpha value is -3.28. The van der Waals surface area contributed by atoms with Crippen molar-refractivity contribution in [1.29, 1.82) is 0 Å². The summed E-state index contributed by atoms with van der Waals surface area (Å²) in [6, 6.07) is 9.93. The molecular weight excluding hydrogens is 461 g/mol. The van der Waals surface area contributed by atoms with Crippen LogP contribution in [0.4, 0.5) is 13.2 Å². The van der Waals surface area contributed by atoms with Crippen molar-refractivity contribution in [3.8, 4) is 17.3 Å². The monoisotopic (exact) mass is 486 g/mol.